The van der Waals surface area contributed by atoms with Crippen LogP contribution in [0.2, 0.25) is 0 Å². The van der Waals surface area contributed by atoms with E-state index in [4.69, 9.17) is 19.8 Å². The van der Waals surface area contributed by atoms with Crippen molar-refractivity contribution in [3.8, 4) is 17.1 Å². The molecule has 6 rings (SSSR count). The smallest absolute Gasteiger partial charge is 0.160 e. The summed E-state index contributed by atoms with van der Waals surface area (Å²) < 4.78 is 9.55. The predicted octanol–water partition coefficient (Wildman–Crippen LogP) is 2.28. The quantitative estimate of drug-likeness (QED) is 0.532. The molecule has 2 aliphatic rings. The van der Waals surface area contributed by atoms with Crippen LogP contribution >= 0.6 is 0 Å². The highest BCUT2D eigenvalue weighted by Crippen LogP contribution is 2.27. The lowest BCUT2D eigenvalue weighted by atomic mass is 9.97. The molecule has 0 aromatic carbocycles. The zero-order valence-electron chi connectivity index (χ0n) is 17.9. The lowest BCUT2D eigenvalue weighted by Crippen LogP contribution is -2.37. The summed E-state index contributed by atoms with van der Waals surface area (Å²) >= 11 is 0. The molecular formula is C23H26N8O. The van der Waals surface area contributed by atoms with Crippen molar-refractivity contribution in [3.05, 3.63) is 54.9 Å². The van der Waals surface area contributed by atoms with Crippen LogP contribution in [0.4, 0.5) is 5.82 Å². The van der Waals surface area contributed by atoms with Gasteiger partial charge in [0.1, 0.15) is 18.0 Å². The van der Waals surface area contributed by atoms with Gasteiger partial charge in [-0.05, 0) is 31.5 Å². The first-order chi connectivity index (χ1) is 15.8. The van der Waals surface area contributed by atoms with Crippen molar-refractivity contribution < 1.29 is 4.74 Å². The molecule has 9 heteroatoms. The molecule has 1 unspecified atom stereocenters. The van der Waals surface area contributed by atoms with E-state index in [1.54, 1.807) is 12.4 Å². The fraction of sp³-hybridized carbons (Fsp3) is 0.391. The van der Waals surface area contributed by atoms with E-state index in [2.05, 4.69) is 27.5 Å². The number of nitrogens with zero attached hydrogens (tertiary/aromatic N) is 7. The third-order valence-electron chi connectivity index (χ3n) is 6.29. The Balaban J connectivity index is 1.43. The molecule has 32 heavy (non-hydrogen) atoms. The monoisotopic (exact) mass is 430 g/mol. The van der Waals surface area contributed by atoms with E-state index in [1.807, 2.05) is 33.6 Å². The van der Waals surface area contributed by atoms with Crippen molar-refractivity contribution in [1.82, 2.24) is 34.4 Å². The molecule has 164 valence electrons. The molecule has 0 saturated carbocycles. The summed E-state index contributed by atoms with van der Waals surface area (Å²) in [5, 5.41) is 8.36. The largest absolute Gasteiger partial charge is 0.378 e. The highest BCUT2D eigenvalue weighted by molar-refractivity contribution is 5.66. The number of aromatic nitrogens is 6. The van der Waals surface area contributed by atoms with Gasteiger partial charge < -0.3 is 15.0 Å². The van der Waals surface area contributed by atoms with Gasteiger partial charge in [0.15, 0.2) is 5.65 Å². The van der Waals surface area contributed by atoms with Gasteiger partial charge in [0, 0.05) is 61.8 Å². The molecule has 0 bridgehead atoms. The summed E-state index contributed by atoms with van der Waals surface area (Å²) in [6, 6.07) is 8.08. The Kier molecular flexibility index (Phi) is 5.05. The molecular weight excluding hydrogens is 404 g/mol. The van der Waals surface area contributed by atoms with Crippen molar-refractivity contribution >= 4 is 11.5 Å². The molecule has 1 atom stereocenters. The molecule has 1 N–H and O–H groups in total. The number of hydrogen-bond donors (Lipinski definition) is 1. The highest BCUT2D eigenvalue weighted by atomic mass is 16.5. The number of nitrogens with one attached hydrogen (secondary N) is 1. The van der Waals surface area contributed by atoms with Gasteiger partial charge in [0.25, 0.3) is 0 Å². The first kappa shape index (κ1) is 19.4. The molecule has 2 fully saturated rings. The van der Waals surface area contributed by atoms with Crippen LogP contribution in [0, 0.1) is 0 Å². The van der Waals surface area contributed by atoms with Crippen LogP contribution in [-0.2, 0) is 4.74 Å². The minimum absolute atomic E-state index is 0.459. The van der Waals surface area contributed by atoms with Crippen LogP contribution in [0.25, 0.3) is 22.7 Å². The third kappa shape index (κ3) is 3.63. The van der Waals surface area contributed by atoms with E-state index in [1.165, 1.54) is 12.8 Å². The van der Waals surface area contributed by atoms with E-state index < -0.39 is 0 Å². The second-order valence-corrected chi connectivity index (χ2v) is 8.36. The first-order valence-corrected chi connectivity index (χ1v) is 11.2. The Hall–Kier alpha value is -3.30. The van der Waals surface area contributed by atoms with Gasteiger partial charge in [-0.25, -0.2) is 9.97 Å². The molecule has 2 aliphatic heterocycles. The van der Waals surface area contributed by atoms with Gasteiger partial charge in [-0.2, -0.15) is 9.61 Å². The lowest BCUT2D eigenvalue weighted by molar-refractivity contribution is 0.122. The highest BCUT2D eigenvalue weighted by Gasteiger charge is 2.21. The van der Waals surface area contributed by atoms with E-state index in [9.17, 15) is 0 Å². The van der Waals surface area contributed by atoms with E-state index >= 15 is 0 Å². The van der Waals surface area contributed by atoms with Gasteiger partial charge in [-0.15, -0.1) is 0 Å². The number of imidazole rings is 1. The number of fused-ring (bicyclic) bond motifs is 1. The minimum atomic E-state index is 0.459. The number of anilines is 1. The summed E-state index contributed by atoms with van der Waals surface area (Å²) in [4.78, 5) is 16.1. The number of pyridine rings is 1. The maximum Gasteiger partial charge on any atom is 0.160 e. The van der Waals surface area contributed by atoms with Gasteiger partial charge in [0.05, 0.1) is 24.6 Å². The zero-order chi connectivity index (χ0) is 21.3. The van der Waals surface area contributed by atoms with E-state index in [0.29, 0.717) is 19.1 Å². The van der Waals surface area contributed by atoms with Crippen molar-refractivity contribution in [2.24, 2.45) is 0 Å². The van der Waals surface area contributed by atoms with E-state index in [0.717, 1.165) is 60.4 Å². The predicted molar refractivity (Wildman–Crippen MR) is 121 cm³/mol. The zero-order valence-corrected chi connectivity index (χ0v) is 17.9. The second-order valence-electron chi connectivity index (χ2n) is 8.36. The minimum Gasteiger partial charge on any atom is -0.378 e. The lowest BCUT2D eigenvalue weighted by Gasteiger charge is -2.29. The fourth-order valence-corrected chi connectivity index (χ4v) is 4.54. The fourth-order valence-electron chi connectivity index (χ4n) is 4.54. The molecule has 2 saturated heterocycles. The van der Waals surface area contributed by atoms with Crippen LogP contribution in [0.5, 0.6) is 0 Å². The maximum atomic E-state index is 5.58. The van der Waals surface area contributed by atoms with Crippen molar-refractivity contribution in [3.63, 3.8) is 0 Å². The molecule has 4 aromatic rings. The Morgan fingerprint density at radius 2 is 1.97 bits per heavy atom. The topological polar surface area (TPSA) is 85.4 Å². The Morgan fingerprint density at radius 3 is 2.78 bits per heavy atom. The second kappa shape index (κ2) is 8.33. The summed E-state index contributed by atoms with van der Waals surface area (Å²) in [7, 11) is 0. The molecule has 0 aliphatic carbocycles. The number of morpholine rings is 1. The Morgan fingerprint density at radius 1 is 1.09 bits per heavy atom. The number of piperidine rings is 1. The average molecular weight is 431 g/mol. The standard InChI is InChI=1S/C23H26N8O/c1-2-18(14-25-5-1)20-15-30(16-26-20)21-13-23(29-8-10-32-11-9-29)31-22(27-21)12-19(28-31)17-3-6-24-7-4-17/h3-4,6-7,12-13,15-16,18,25H,1-2,5,8-11,14H2. The van der Waals surface area contributed by atoms with Gasteiger partial charge >= 0.3 is 0 Å². The summed E-state index contributed by atoms with van der Waals surface area (Å²) in [6.45, 7) is 5.15. The summed E-state index contributed by atoms with van der Waals surface area (Å²) in [5.41, 5.74) is 3.84. The molecule has 4 aromatic heterocycles. The van der Waals surface area contributed by atoms with Crippen LogP contribution in [0.15, 0.2) is 49.2 Å². The Bertz CT molecular complexity index is 1210. The van der Waals surface area contributed by atoms with Crippen molar-refractivity contribution in [2.45, 2.75) is 18.8 Å². The summed E-state index contributed by atoms with van der Waals surface area (Å²) in [6.07, 6.45) is 9.94. The van der Waals surface area contributed by atoms with Crippen molar-refractivity contribution in [2.75, 3.05) is 44.3 Å². The van der Waals surface area contributed by atoms with Crippen LogP contribution in [0.1, 0.15) is 24.5 Å². The van der Waals surface area contributed by atoms with Crippen molar-refractivity contribution in [1.29, 1.82) is 0 Å². The van der Waals surface area contributed by atoms with Gasteiger partial charge in [-0.3, -0.25) is 9.55 Å². The van der Waals surface area contributed by atoms with Gasteiger partial charge in [-0.1, -0.05) is 0 Å². The van der Waals surface area contributed by atoms with Crippen LogP contribution in [0.3, 0.4) is 0 Å². The summed E-state index contributed by atoms with van der Waals surface area (Å²) in [5.74, 6) is 2.33. The Labute approximate surface area is 186 Å². The molecule has 0 radical (unpaired) electrons. The average Bonchev–Trinajstić information content (AvgIpc) is 3.53. The molecule has 6 heterocycles. The number of rotatable bonds is 4. The third-order valence-corrected chi connectivity index (χ3v) is 6.29. The number of hydrogen-bond acceptors (Lipinski definition) is 7. The normalized spacial score (nSPS) is 19.5. The number of ether oxygens (including phenoxy) is 1. The molecule has 0 amide bonds. The van der Waals surface area contributed by atoms with Crippen LogP contribution < -0.4 is 10.2 Å². The molecule has 0 spiro atoms. The SMILES string of the molecule is c1cc(-c2cc3nc(-n4cnc(C5CCCNC5)c4)cc(N4CCOCC4)n3n2)ccn1. The van der Waals surface area contributed by atoms with E-state index in [-0.39, 0.29) is 0 Å². The van der Waals surface area contributed by atoms with Crippen LogP contribution in [-0.4, -0.2) is 68.5 Å². The first-order valence-electron chi connectivity index (χ1n) is 11.2. The molecule has 9 nitrogen and oxygen atoms in total. The maximum absolute atomic E-state index is 5.58. The van der Waals surface area contributed by atoms with Gasteiger partial charge in [0.2, 0.25) is 0 Å².